The van der Waals surface area contributed by atoms with Crippen LogP contribution in [0.5, 0.6) is 0 Å². The molecule has 0 saturated carbocycles. The molecule has 0 radical (unpaired) electrons. The van der Waals surface area contributed by atoms with Gasteiger partial charge in [-0.2, -0.15) is 13.2 Å². The van der Waals surface area contributed by atoms with Crippen LogP contribution in [0.2, 0.25) is 0 Å². The van der Waals surface area contributed by atoms with Crippen LogP contribution in [0.25, 0.3) is 0 Å². The quantitative estimate of drug-likeness (QED) is 0.478. The fourth-order valence-corrected chi connectivity index (χ4v) is 0.516. The Kier molecular flexibility index (Phi) is 3.41. The van der Waals surface area contributed by atoms with Crippen LogP contribution in [0, 0.1) is 0 Å². The van der Waals surface area contributed by atoms with E-state index in [1.54, 1.807) is 6.92 Å². The summed E-state index contributed by atoms with van der Waals surface area (Å²) in [6, 6.07) is 0. The summed E-state index contributed by atoms with van der Waals surface area (Å²) < 4.78 is 38.4. The minimum atomic E-state index is -4.49. The predicted octanol–water partition coefficient (Wildman–Crippen LogP) is 1.42. The third-order valence-electron chi connectivity index (χ3n) is 0.519. The van der Waals surface area contributed by atoms with Crippen molar-refractivity contribution in [2.45, 2.75) is 13.2 Å². The van der Waals surface area contributed by atoms with Gasteiger partial charge in [0.25, 0.3) is 5.17 Å². The third kappa shape index (κ3) is 5.61. The number of rotatable bonds is 1. The standard InChI is InChI=1S/C4H6F3NOS/c1-2-9-3(10)8-4(5,6)7/h2H2,1H3,(H,8,10). The van der Waals surface area contributed by atoms with E-state index in [1.807, 2.05) is 0 Å². The normalized spacial score (nSPS) is 10.8. The summed E-state index contributed by atoms with van der Waals surface area (Å²) in [5.41, 5.74) is 0. The molecule has 10 heavy (non-hydrogen) atoms. The van der Waals surface area contributed by atoms with Crippen molar-refractivity contribution in [2.24, 2.45) is 0 Å². The molecule has 6 heteroatoms. The Balaban J connectivity index is 3.58. The predicted molar refractivity (Wildman–Crippen MR) is 33.4 cm³/mol. The topological polar surface area (TPSA) is 21.3 Å². The van der Waals surface area contributed by atoms with Crippen LogP contribution >= 0.6 is 12.2 Å². The van der Waals surface area contributed by atoms with E-state index < -0.39 is 11.5 Å². The first-order valence-electron chi connectivity index (χ1n) is 2.47. The fourth-order valence-electron chi connectivity index (χ4n) is 0.283. The van der Waals surface area contributed by atoms with Crippen molar-refractivity contribution < 1.29 is 17.9 Å². The van der Waals surface area contributed by atoms with E-state index in [-0.39, 0.29) is 6.61 Å². The lowest BCUT2D eigenvalue weighted by molar-refractivity contribution is -0.144. The Morgan fingerprint density at radius 1 is 1.60 bits per heavy atom. The Hall–Kier alpha value is -0.520. The van der Waals surface area contributed by atoms with Crippen molar-refractivity contribution in [3.05, 3.63) is 0 Å². The Morgan fingerprint density at radius 2 is 2.10 bits per heavy atom. The highest BCUT2D eigenvalue weighted by Crippen LogP contribution is 2.09. The lowest BCUT2D eigenvalue weighted by atomic mass is 10.9. The lowest BCUT2D eigenvalue weighted by Crippen LogP contribution is -2.37. The van der Waals surface area contributed by atoms with Crippen molar-refractivity contribution in [3.8, 4) is 0 Å². The molecule has 0 heterocycles. The summed E-state index contributed by atoms with van der Waals surface area (Å²) in [6.45, 7) is 1.67. The Labute approximate surface area is 61.4 Å². The molecule has 2 nitrogen and oxygen atoms in total. The van der Waals surface area contributed by atoms with Gasteiger partial charge in [-0.3, -0.25) is 5.32 Å². The van der Waals surface area contributed by atoms with Gasteiger partial charge in [-0.25, -0.2) is 0 Å². The van der Waals surface area contributed by atoms with Crippen molar-refractivity contribution in [2.75, 3.05) is 6.61 Å². The molecule has 0 aliphatic heterocycles. The van der Waals surface area contributed by atoms with Crippen LogP contribution in [0.1, 0.15) is 6.92 Å². The molecule has 1 N–H and O–H groups in total. The molecule has 60 valence electrons. The van der Waals surface area contributed by atoms with Gasteiger partial charge in [-0.1, -0.05) is 0 Å². The second kappa shape index (κ2) is 3.60. The molecule has 0 aliphatic rings. The van der Waals surface area contributed by atoms with Gasteiger partial charge < -0.3 is 4.74 Å². The summed E-state index contributed by atoms with van der Waals surface area (Å²) in [5.74, 6) is 0. The van der Waals surface area contributed by atoms with Crippen LogP contribution in [0.15, 0.2) is 0 Å². The van der Waals surface area contributed by atoms with Crippen LogP contribution in [-0.4, -0.2) is 18.1 Å². The maximum absolute atomic E-state index is 11.4. The zero-order chi connectivity index (χ0) is 8.20. The first kappa shape index (κ1) is 9.48. The minimum Gasteiger partial charge on any atom is -0.471 e. The summed E-state index contributed by atoms with van der Waals surface area (Å²) in [5, 5.41) is 0.386. The number of halogens is 3. The molecular weight excluding hydrogens is 167 g/mol. The van der Waals surface area contributed by atoms with Gasteiger partial charge >= 0.3 is 6.30 Å². The molecular formula is C4H6F3NOS. The second-order valence-electron chi connectivity index (χ2n) is 1.34. The van der Waals surface area contributed by atoms with Crippen LogP contribution in [-0.2, 0) is 4.74 Å². The van der Waals surface area contributed by atoms with E-state index >= 15 is 0 Å². The van der Waals surface area contributed by atoms with E-state index in [9.17, 15) is 13.2 Å². The molecule has 0 rings (SSSR count). The molecule has 0 aliphatic carbocycles. The molecule has 0 fully saturated rings. The summed E-state index contributed by atoms with van der Waals surface area (Å²) >= 11 is 4.15. The minimum absolute atomic E-state index is 0.127. The van der Waals surface area contributed by atoms with Crippen molar-refractivity contribution >= 4 is 17.4 Å². The maximum atomic E-state index is 11.4. The highest BCUT2D eigenvalue weighted by atomic mass is 32.1. The van der Waals surface area contributed by atoms with Crippen molar-refractivity contribution in [1.29, 1.82) is 0 Å². The zero-order valence-corrected chi connectivity index (χ0v) is 5.97. The van der Waals surface area contributed by atoms with Crippen LogP contribution in [0.4, 0.5) is 13.2 Å². The van der Waals surface area contributed by atoms with Gasteiger partial charge in [0.15, 0.2) is 0 Å². The van der Waals surface area contributed by atoms with E-state index in [1.165, 1.54) is 0 Å². The van der Waals surface area contributed by atoms with Gasteiger partial charge in [-0.05, 0) is 19.1 Å². The van der Waals surface area contributed by atoms with Gasteiger partial charge in [-0.15, -0.1) is 0 Å². The molecule has 0 atom stereocenters. The van der Waals surface area contributed by atoms with Crippen molar-refractivity contribution in [3.63, 3.8) is 0 Å². The molecule has 0 aromatic rings. The first-order valence-corrected chi connectivity index (χ1v) is 2.88. The molecule has 0 aromatic carbocycles. The highest BCUT2D eigenvalue weighted by Gasteiger charge is 2.28. The molecule has 0 spiro atoms. The van der Waals surface area contributed by atoms with Crippen LogP contribution < -0.4 is 5.32 Å². The highest BCUT2D eigenvalue weighted by molar-refractivity contribution is 7.80. The van der Waals surface area contributed by atoms with Gasteiger partial charge in [0.2, 0.25) is 0 Å². The number of thiocarbonyl (C=S) groups is 1. The molecule has 0 saturated heterocycles. The average Bonchev–Trinajstić information content (AvgIpc) is 1.59. The van der Waals surface area contributed by atoms with Gasteiger partial charge in [0, 0.05) is 0 Å². The van der Waals surface area contributed by atoms with Crippen molar-refractivity contribution in [1.82, 2.24) is 5.32 Å². The smallest absolute Gasteiger partial charge is 0.471 e. The van der Waals surface area contributed by atoms with Crippen LogP contribution in [0.3, 0.4) is 0 Å². The first-order chi connectivity index (χ1) is 4.45. The zero-order valence-electron chi connectivity index (χ0n) is 5.16. The number of ether oxygens (including phenoxy) is 1. The second-order valence-corrected chi connectivity index (χ2v) is 1.71. The Morgan fingerprint density at radius 3 is 2.40 bits per heavy atom. The van der Waals surface area contributed by atoms with Gasteiger partial charge in [0.05, 0.1) is 6.61 Å². The van der Waals surface area contributed by atoms with E-state index in [0.29, 0.717) is 0 Å². The number of nitrogens with one attached hydrogen (secondary N) is 1. The Bertz CT molecular complexity index is 124. The molecule has 0 amide bonds. The van der Waals surface area contributed by atoms with Gasteiger partial charge in [0.1, 0.15) is 0 Å². The largest absolute Gasteiger partial charge is 0.485 e. The summed E-state index contributed by atoms with van der Waals surface area (Å²) in [7, 11) is 0. The maximum Gasteiger partial charge on any atom is 0.485 e. The number of hydrogen-bond acceptors (Lipinski definition) is 2. The summed E-state index contributed by atoms with van der Waals surface area (Å²) in [6.07, 6.45) is -4.49. The van der Waals surface area contributed by atoms with E-state index in [4.69, 9.17) is 0 Å². The van der Waals surface area contributed by atoms with E-state index in [2.05, 4.69) is 17.0 Å². The lowest BCUT2D eigenvalue weighted by Gasteiger charge is -2.09. The monoisotopic (exact) mass is 173 g/mol. The number of hydrogen-bond donors (Lipinski definition) is 1. The fraction of sp³-hybridized carbons (Fsp3) is 0.750. The average molecular weight is 173 g/mol. The van der Waals surface area contributed by atoms with E-state index in [0.717, 1.165) is 5.32 Å². The molecule has 0 unspecified atom stereocenters. The number of alkyl halides is 3. The summed E-state index contributed by atoms with van der Waals surface area (Å²) in [4.78, 5) is 0. The SMILES string of the molecule is CCOC(=S)NC(F)(F)F. The third-order valence-corrected chi connectivity index (χ3v) is 0.739. The molecule has 0 aromatic heterocycles. The molecule has 0 bridgehead atoms.